The molecular weight excluding hydrogens is 182 g/mol. The second-order valence-corrected chi connectivity index (χ2v) is 5.60. The maximum atomic E-state index is 3.58. The van der Waals surface area contributed by atoms with Gasteiger partial charge in [0.25, 0.3) is 0 Å². The quantitative estimate of drug-likeness (QED) is 0.732. The molecular formula is C14H19N. The summed E-state index contributed by atoms with van der Waals surface area (Å²) in [5, 5.41) is 3.58. The van der Waals surface area contributed by atoms with Crippen LogP contribution in [-0.4, -0.2) is 6.54 Å². The van der Waals surface area contributed by atoms with Crippen LogP contribution in [0.25, 0.3) is 0 Å². The Morgan fingerprint density at radius 1 is 1.27 bits per heavy atom. The van der Waals surface area contributed by atoms with Crippen molar-refractivity contribution in [3.8, 4) is 0 Å². The number of nitrogens with one attached hydrogen (secondary N) is 1. The van der Waals surface area contributed by atoms with Gasteiger partial charge < -0.3 is 5.32 Å². The summed E-state index contributed by atoms with van der Waals surface area (Å²) in [6.45, 7) is 5.73. The molecule has 1 aliphatic heterocycles. The first-order valence-electron chi connectivity index (χ1n) is 6.05. The van der Waals surface area contributed by atoms with E-state index in [-0.39, 0.29) is 0 Å². The van der Waals surface area contributed by atoms with Gasteiger partial charge in [0.1, 0.15) is 0 Å². The molecule has 1 aromatic carbocycles. The molecule has 0 aromatic heterocycles. The Morgan fingerprint density at radius 3 is 2.73 bits per heavy atom. The predicted molar refractivity (Wildman–Crippen MR) is 64.4 cm³/mol. The Hall–Kier alpha value is -0.980. The van der Waals surface area contributed by atoms with Crippen molar-refractivity contribution >= 4 is 5.69 Å². The summed E-state index contributed by atoms with van der Waals surface area (Å²) in [4.78, 5) is 0. The van der Waals surface area contributed by atoms with Gasteiger partial charge in [0.2, 0.25) is 0 Å². The molecule has 1 aromatic rings. The van der Waals surface area contributed by atoms with Crippen LogP contribution >= 0.6 is 0 Å². The van der Waals surface area contributed by atoms with Crippen LogP contribution < -0.4 is 5.32 Å². The van der Waals surface area contributed by atoms with Crippen molar-refractivity contribution in [1.82, 2.24) is 0 Å². The van der Waals surface area contributed by atoms with E-state index in [1.807, 2.05) is 0 Å². The molecule has 0 amide bonds. The smallest absolute Gasteiger partial charge is 0.0373 e. The molecule has 80 valence electrons. The third kappa shape index (κ3) is 1.54. The van der Waals surface area contributed by atoms with E-state index in [2.05, 4.69) is 37.4 Å². The average molecular weight is 201 g/mol. The molecule has 0 bridgehead atoms. The lowest BCUT2D eigenvalue weighted by atomic mass is 9.89. The molecule has 2 aliphatic rings. The van der Waals surface area contributed by atoms with Crippen LogP contribution in [-0.2, 0) is 6.42 Å². The van der Waals surface area contributed by atoms with Gasteiger partial charge in [0.15, 0.2) is 0 Å². The summed E-state index contributed by atoms with van der Waals surface area (Å²) < 4.78 is 0. The van der Waals surface area contributed by atoms with Crippen molar-refractivity contribution in [2.24, 2.45) is 5.41 Å². The molecule has 1 heteroatoms. The number of hydrogen-bond acceptors (Lipinski definition) is 1. The summed E-state index contributed by atoms with van der Waals surface area (Å²) in [5.41, 5.74) is 5.04. The number of benzene rings is 1. The lowest BCUT2D eigenvalue weighted by Crippen LogP contribution is -2.24. The molecule has 0 unspecified atom stereocenters. The highest BCUT2D eigenvalue weighted by molar-refractivity contribution is 5.56. The van der Waals surface area contributed by atoms with Gasteiger partial charge in [0, 0.05) is 12.2 Å². The first-order chi connectivity index (χ1) is 7.19. The van der Waals surface area contributed by atoms with E-state index in [1.165, 1.54) is 37.1 Å². The van der Waals surface area contributed by atoms with Gasteiger partial charge in [-0.05, 0) is 47.8 Å². The number of rotatable bonds is 1. The molecule has 0 radical (unpaired) electrons. The normalized spacial score (nSPS) is 21.3. The first-order valence-corrected chi connectivity index (χ1v) is 6.05. The summed E-state index contributed by atoms with van der Waals surface area (Å²) >= 11 is 0. The lowest BCUT2D eigenvalue weighted by Gasteiger charge is -2.26. The highest BCUT2D eigenvalue weighted by atomic mass is 14.9. The lowest BCUT2D eigenvalue weighted by molar-refractivity contribution is 0.523. The highest BCUT2D eigenvalue weighted by Crippen LogP contribution is 2.51. The first kappa shape index (κ1) is 9.26. The summed E-state index contributed by atoms with van der Waals surface area (Å²) in [6, 6.07) is 6.94. The molecule has 1 saturated carbocycles. The molecule has 15 heavy (non-hydrogen) atoms. The maximum Gasteiger partial charge on any atom is 0.0373 e. The Labute approximate surface area is 91.9 Å². The molecule has 0 atom stereocenters. The fourth-order valence-electron chi connectivity index (χ4n) is 2.57. The maximum absolute atomic E-state index is 3.58. The molecule has 3 rings (SSSR count). The molecule has 1 N–H and O–H groups in total. The van der Waals surface area contributed by atoms with E-state index in [0.717, 1.165) is 0 Å². The van der Waals surface area contributed by atoms with Crippen molar-refractivity contribution in [3.63, 3.8) is 0 Å². The van der Waals surface area contributed by atoms with Crippen molar-refractivity contribution in [3.05, 3.63) is 29.3 Å². The molecule has 1 fully saturated rings. The van der Waals surface area contributed by atoms with E-state index in [1.54, 1.807) is 5.56 Å². The fraction of sp³-hybridized carbons (Fsp3) is 0.571. The minimum atomic E-state index is 0.641. The molecule has 1 spiro atoms. The van der Waals surface area contributed by atoms with Crippen molar-refractivity contribution in [1.29, 1.82) is 0 Å². The average Bonchev–Trinajstić information content (AvgIpc) is 2.96. The zero-order chi connectivity index (χ0) is 10.5. The fourth-order valence-corrected chi connectivity index (χ4v) is 2.57. The Kier molecular flexibility index (Phi) is 1.86. The predicted octanol–water partition coefficient (Wildman–Crippen LogP) is 3.56. The van der Waals surface area contributed by atoms with Crippen LogP contribution in [0, 0.1) is 5.41 Å². The van der Waals surface area contributed by atoms with E-state index in [0.29, 0.717) is 11.3 Å². The van der Waals surface area contributed by atoms with E-state index < -0.39 is 0 Å². The van der Waals surface area contributed by atoms with E-state index >= 15 is 0 Å². The van der Waals surface area contributed by atoms with Crippen LogP contribution in [0.15, 0.2) is 18.2 Å². The van der Waals surface area contributed by atoms with Crippen molar-refractivity contribution in [2.45, 2.75) is 39.0 Å². The molecule has 0 saturated heterocycles. The topological polar surface area (TPSA) is 12.0 Å². The van der Waals surface area contributed by atoms with Gasteiger partial charge in [-0.2, -0.15) is 0 Å². The molecule has 1 aliphatic carbocycles. The second-order valence-electron chi connectivity index (χ2n) is 5.60. The van der Waals surface area contributed by atoms with Crippen molar-refractivity contribution < 1.29 is 0 Å². The minimum Gasteiger partial charge on any atom is -0.384 e. The van der Waals surface area contributed by atoms with Crippen LogP contribution in [0.3, 0.4) is 0 Å². The van der Waals surface area contributed by atoms with Gasteiger partial charge in [0.05, 0.1) is 0 Å². The SMILES string of the molecule is CC(C)c1ccc2c(c1)CC1(CC1)CN2. The minimum absolute atomic E-state index is 0.641. The standard InChI is InChI=1S/C14H19N/c1-10(2)11-3-4-13-12(7-11)8-14(5-6-14)9-15-13/h3-4,7,10,15H,5-6,8-9H2,1-2H3. The van der Waals surface area contributed by atoms with E-state index in [4.69, 9.17) is 0 Å². The summed E-state index contributed by atoms with van der Waals surface area (Å²) in [5.74, 6) is 0.646. The zero-order valence-electron chi connectivity index (χ0n) is 9.64. The largest absolute Gasteiger partial charge is 0.384 e. The molecule has 1 nitrogen and oxygen atoms in total. The van der Waals surface area contributed by atoms with Crippen LogP contribution in [0.4, 0.5) is 5.69 Å². The van der Waals surface area contributed by atoms with E-state index in [9.17, 15) is 0 Å². The third-order valence-corrected chi connectivity index (χ3v) is 3.97. The zero-order valence-corrected chi connectivity index (χ0v) is 9.64. The van der Waals surface area contributed by atoms with Crippen LogP contribution in [0.2, 0.25) is 0 Å². The molecule has 1 heterocycles. The Morgan fingerprint density at radius 2 is 2.07 bits per heavy atom. The van der Waals surface area contributed by atoms with Gasteiger partial charge in [-0.3, -0.25) is 0 Å². The summed E-state index contributed by atoms with van der Waals surface area (Å²) in [6.07, 6.45) is 4.15. The highest BCUT2D eigenvalue weighted by Gasteiger charge is 2.44. The number of fused-ring (bicyclic) bond motifs is 1. The van der Waals surface area contributed by atoms with Crippen LogP contribution in [0.5, 0.6) is 0 Å². The van der Waals surface area contributed by atoms with Gasteiger partial charge in [-0.1, -0.05) is 26.0 Å². The number of anilines is 1. The van der Waals surface area contributed by atoms with Gasteiger partial charge in [-0.25, -0.2) is 0 Å². The Balaban J connectivity index is 1.96. The number of hydrogen-bond donors (Lipinski definition) is 1. The van der Waals surface area contributed by atoms with Gasteiger partial charge in [-0.15, -0.1) is 0 Å². The Bertz CT molecular complexity index is 388. The second kappa shape index (κ2) is 3.01. The monoisotopic (exact) mass is 201 g/mol. The van der Waals surface area contributed by atoms with Crippen molar-refractivity contribution in [2.75, 3.05) is 11.9 Å². The summed E-state index contributed by atoms with van der Waals surface area (Å²) in [7, 11) is 0. The van der Waals surface area contributed by atoms with Gasteiger partial charge >= 0.3 is 0 Å². The van der Waals surface area contributed by atoms with Crippen LogP contribution in [0.1, 0.15) is 43.7 Å². The third-order valence-electron chi connectivity index (χ3n) is 3.97.